The first-order valence-corrected chi connectivity index (χ1v) is 14.0. The maximum atomic E-state index is 5.62. The third-order valence-electron chi connectivity index (χ3n) is 6.94. The molecular weight excluding hydrogens is 468 g/mol. The van der Waals surface area contributed by atoms with Crippen LogP contribution in [0.15, 0.2) is 6.33 Å². The van der Waals surface area contributed by atoms with Crippen LogP contribution in [-0.2, 0) is 21.6 Å². The molecule has 3 aliphatic rings. The van der Waals surface area contributed by atoms with Gasteiger partial charge in [0.25, 0.3) is 0 Å². The largest absolute Gasteiger partial charge is 0.379 e. The number of nitrogens with zero attached hydrogens (tertiary/aromatic N) is 5. The van der Waals surface area contributed by atoms with Crippen LogP contribution in [-0.4, -0.2) is 90.3 Å². The Morgan fingerprint density at radius 1 is 1.03 bits per heavy atom. The van der Waals surface area contributed by atoms with Gasteiger partial charge in [0.2, 0.25) is 0 Å². The Balaban J connectivity index is 1.39. The summed E-state index contributed by atoms with van der Waals surface area (Å²) in [6, 6.07) is 0. The maximum absolute atomic E-state index is 5.62. The van der Waals surface area contributed by atoms with Crippen molar-refractivity contribution in [2.75, 3.05) is 75.9 Å². The third kappa shape index (κ3) is 4.35. The van der Waals surface area contributed by atoms with E-state index in [4.69, 9.17) is 19.4 Å². The van der Waals surface area contributed by atoms with Crippen LogP contribution in [0.25, 0.3) is 20.4 Å². The van der Waals surface area contributed by atoms with Gasteiger partial charge in [-0.15, -0.1) is 11.3 Å². The molecule has 0 spiro atoms. The van der Waals surface area contributed by atoms with Crippen molar-refractivity contribution in [3.63, 3.8) is 0 Å². The van der Waals surface area contributed by atoms with E-state index < -0.39 is 0 Å². The third-order valence-corrected chi connectivity index (χ3v) is 9.38. The van der Waals surface area contributed by atoms with Crippen LogP contribution in [0.3, 0.4) is 0 Å². The molecule has 8 nitrogen and oxygen atoms in total. The zero-order valence-corrected chi connectivity index (χ0v) is 21.6. The lowest BCUT2D eigenvalue weighted by Crippen LogP contribution is -2.39. The molecule has 0 saturated carbocycles. The second-order valence-electron chi connectivity index (χ2n) is 9.78. The van der Waals surface area contributed by atoms with E-state index in [1.54, 1.807) is 17.7 Å². The van der Waals surface area contributed by atoms with Crippen LogP contribution in [0, 0.1) is 0 Å². The van der Waals surface area contributed by atoms with Gasteiger partial charge in [-0.2, -0.15) is 11.8 Å². The Morgan fingerprint density at radius 2 is 1.79 bits per heavy atom. The lowest BCUT2D eigenvalue weighted by molar-refractivity contribution is 0.0398. The zero-order chi connectivity index (χ0) is 23.1. The van der Waals surface area contributed by atoms with E-state index >= 15 is 0 Å². The van der Waals surface area contributed by atoms with E-state index in [2.05, 4.69) is 33.9 Å². The summed E-state index contributed by atoms with van der Waals surface area (Å²) in [6.07, 6.45) is 2.73. The number of pyridine rings is 1. The van der Waals surface area contributed by atoms with Crippen LogP contribution < -0.4 is 10.2 Å². The summed E-state index contributed by atoms with van der Waals surface area (Å²) in [5, 5.41) is 4.82. The second kappa shape index (κ2) is 9.39. The Bertz CT molecular complexity index is 1190. The van der Waals surface area contributed by atoms with Crippen molar-refractivity contribution < 1.29 is 9.47 Å². The number of ether oxygens (including phenoxy) is 2. The highest BCUT2D eigenvalue weighted by atomic mass is 32.2. The molecule has 0 unspecified atom stereocenters. The quantitative estimate of drug-likeness (QED) is 0.567. The first-order chi connectivity index (χ1) is 16.6. The number of thioether (sulfide) groups is 1. The second-order valence-corrected chi connectivity index (χ2v) is 12.5. The first kappa shape index (κ1) is 22.7. The van der Waals surface area contributed by atoms with E-state index in [9.17, 15) is 0 Å². The Hall–Kier alpha value is -1.72. The van der Waals surface area contributed by atoms with Gasteiger partial charge in [0, 0.05) is 60.7 Å². The molecule has 3 aromatic rings. The molecule has 3 aromatic heterocycles. The number of anilines is 2. The summed E-state index contributed by atoms with van der Waals surface area (Å²) in [5.74, 6) is 3.06. The number of thiophene rings is 1. The summed E-state index contributed by atoms with van der Waals surface area (Å²) in [7, 11) is 0. The highest BCUT2D eigenvalue weighted by Gasteiger charge is 2.33. The molecule has 34 heavy (non-hydrogen) atoms. The van der Waals surface area contributed by atoms with E-state index in [1.165, 1.54) is 16.5 Å². The van der Waals surface area contributed by atoms with Gasteiger partial charge in [-0.05, 0) is 12.0 Å². The van der Waals surface area contributed by atoms with E-state index in [-0.39, 0.29) is 4.75 Å². The minimum atomic E-state index is 0.199. The van der Waals surface area contributed by atoms with Gasteiger partial charge in [0.15, 0.2) is 0 Å². The Morgan fingerprint density at radius 3 is 2.59 bits per heavy atom. The van der Waals surface area contributed by atoms with Gasteiger partial charge in [-0.1, -0.05) is 13.8 Å². The summed E-state index contributed by atoms with van der Waals surface area (Å²) in [6.45, 7) is 13.5. The topological polar surface area (TPSA) is 75.6 Å². The van der Waals surface area contributed by atoms with Crippen molar-refractivity contribution in [1.29, 1.82) is 0 Å². The van der Waals surface area contributed by atoms with Crippen molar-refractivity contribution in [3.8, 4) is 0 Å². The molecule has 6 rings (SSSR count). The molecule has 0 aromatic carbocycles. The highest BCUT2D eigenvalue weighted by Crippen LogP contribution is 2.47. The van der Waals surface area contributed by atoms with E-state index in [1.807, 2.05) is 11.8 Å². The summed E-state index contributed by atoms with van der Waals surface area (Å²) in [5.41, 5.74) is 3.86. The molecule has 0 amide bonds. The van der Waals surface area contributed by atoms with E-state index in [0.717, 1.165) is 105 Å². The van der Waals surface area contributed by atoms with Gasteiger partial charge in [0.1, 0.15) is 22.8 Å². The number of rotatable bonds is 5. The van der Waals surface area contributed by atoms with Crippen LogP contribution in [0.1, 0.15) is 25.0 Å². The van der Waals surface area contributed by atoms with Crippen LogP contribution >= 0.6 is 23.1 Å². The molecular formula is C24H32N6O2S2. The summed E-state index contributed by atoms with van der Waals surface area (Å²) in [4.78, 5) is 20.6. The van der Waals surface area contributed by atoms with Gasteiger partial charge in [-0.25, -0.2) is 15.0 Å². The van der Waals surface area contributed by atoms with E-state index in [0.29, 0.717) is 0 Å². The molecule has 6 heterocycles. The van der Waals surface area contributed by atoms with Gasteiger partial charge < -0.3 is 19.7 Å². The highest BCUT2D eigenvalue weighted by molar-refractivity contribution is 7.99. The number of fused-ring (bicyclic) bond motifs is 5. The fraction of sp³-hybridized carbons (Fsp3) is 0.625. The molecule has 2 fully saturated rings. The number of hydrogen-bond donors (Lipinski definition) is 1. The molecule has 182 valence electrons. The molecule has 2 saturated heterocycles. The number of nitrogens with one attached hydrogen (secondary N) is 1. The lowest BCUT2D eigenvalue weighted by Gasteiger charge is -2.35. The molecule has 0 bridgehead atoms. The Kier molecular flexibility index (Phi) is 6.27. The zero-order valence-electron chi connectivity index (χ0n) is 19.9. The van der Waals surface area contributed by atoms with Gasteiger partial charge in [-0.3, -0.25) is 4.90 Å². The molecule has 0 aliphatic carbocycles. The van der Waals surface area contributed by atoms with Gasteiger partial charge in [0.05, 0.1) is 36.6 Å². The predicted molar refractivity (Wildman–Crippen MR) is 141 cm³/mol. The minimum absolute atomic E-state index is 0.199. The van der Waals surface area contributed by atoms with Crippen molar-refractivity contribution in [3.05, 3.63) is 17.5 Å². The van der Waals surface area contributed by atoms with Crippen LogP contribution in [0.5, 0.6) is 0 Å². The van der Waals surface area contributed by atoms with Crippen molar-refractivity contribution in [1.82, 2.24) is 19.9 Å². The van der Waals surface area contributed by atoms with Crippen LogP contribution in [0.4, 0.5) is 11.6 Å². The molecule has 0 atom stereocenters. The average molecular weight is 501 g/mol. The fourth-order valence-corrected chi connectivity index (χ4v) is 7.31. The molecule has 3 aliphatic heterocycles. The smallest absolute Gasteiger partial charge is 0.147 e. The number of aromatic nitrogens is 3. The van der Waals surface area contributed by atoms with Gasteiger partial charge >= 0.3 is 0 Å². The molecule has 10 heteroatoms. The average Bonchev–Trinajstić information content (AvgIpc) is 3.24. The lowest BCUT2D eigenvalue weighted by atomic mass is 9.94. The fourth-order valence-electron chi connectivity index (χ4n) is 5.11. The van der Waals surface area contributed by atoms with Crippen molar-refractivity contribution >= 4 is 55.2 Å². The number of hydrogen-bond acceptors (Lipinski definition) is 10. The molecule has 0 radical (unpaired) electrons. The van der Waals surface area contributed by atoms with Crippen molar-refractivity contribution in [2.45, 2.75) is 30.8 Å². The minimum Gasteiger partial charge on any atom is -0.379 e. The summed E-state index contributed by atoms with van der Waals surface area (Å²) >= 11 is 3.76. The predicted octanol–water partition coefficient (Wildman–Crippen LogP) is 3.39. The van der Waals surface area contributed by atoms with Crippen molar-refractivity contribution in [2.24, 2.45) is 0 Å². The Labute approximate surface area is 208 Å². The standard InChI is InChI=1S/C24H32N6O2S2/c1-24(2)13-16-17(14-33-24)22(30-7-11-32-12-8-30)28-23-18(16)19-20(34-23)21(27-15-26-19)25-3-4-29-5-9-31-10-6-29/h15H,3-14H2,1-2H3,(H,25,26,27). The molecule has 1 N–H and O–H groups in total. The normalized spacial score (nSPS) is 21.2. The number of morpholine rings is 2. The maximum Gasteiger partial charge on any atom is 0.147 e. The SMILES string of the molecule is CC1(C)Cc2c(c(N3CCOCC3)nc3sc4c(NCCN5CCOCC5)ncnc4c23)CS1. The monoisotopic (exact) mass is 500 g/mol. The van der Waals surface area contributed by atoms with Crippen LogP contribution in [0.2, 0.25) is 0 Å². The summed E-state index contributed by atoms with van der Waals surface area (Å²) < 4.78 is 12.4. The first-order valence-electron chi connectivity index (χ1n) is 12.2.